The van der Waals surface area contributed by atoms with E-state index in [9.17, 15) is 15.3 Å². The molecular weight excluding hydrogens is 667 g/mol. The summed E-state index contributed by atoms with van der Waals surface area (Å²) in [4.78, 5) is 0. The lowest BCUT2D eigenvalue weighted by atomic mass is 9.75. The van der Waals surface area contributed by atoms with Gasteiger partial charge in [-0.05, 0) is 125 Å². The van der Waals surface area contributed by atoms with Crippen LogP contribution in [0.15, 0.2) is 24.3 Å². The number of benzene rings is 1. The fraction of sp³-hybridized carbons (Fsp3) is 0.854. The monoisotopic (exact) mass is 748 g/mol. The average Bonchev–Trinajstić information content (AvgIpc) is 3.11. The molecule has 0 aromatic heterocycles. The van der Waals surface area contributed by atoms with Crippen LogP contribution < -0.4 is 49.1 Å². The van der Waals surface area contributed by atoms with Gasteiger partial charge in [0.25, 0.3) is 0 Å². The maximum Gasteiger partial charge on any atom is 0.127 e. The summed E-state index contributed by atoms with van der Waals surface area (Å²) in [5.74, 6) is 1.63. The Morgan fingerprint density at radius 2 is 1.51 bits per heavy atom. The zero-order chi connectivity index (χ0) is 38.9. The molecule has 1 aliphatic carbocycles. The Labute approximate surface area is 322 Å². The number of nitrogens with two attached hydrogens (primary N) is 3. The topological polar surface area (TPSA) is 211 Å². The minimum atomic E-state index is -0.949. The van der Waals surface area contributed by atoms with E-state index in [4.69, 9.17) is 17.2 Å². The number of aliphatic hydroxyl groups excluding tert-OH is 3. The number of rotatable bonds is 17. The van der Waals surface area contributed by atoms with Gasteiger partial charge in [-0.3, -0.25) is 16.8 Å². The summed E-state index contributed by atoms with van der Waals surface area (Å²) >= 11 is 0. The van der Waals surface area contributed by atoms with Gasteiger partial charge in [-0.25, -0.2) is 0 Å². The lowest BCUT2D eigenvalue weighted by Crippen LogP contribution is -2.54. The van der Waals surface area contributed by atoms with Crippen molar-refractivity contribution in [1.82, 2.24) is 26.6 Å². The van der Waals surface area contributed by atoms with Gasteiger partial charge in [-0.1, -0.05) is 59.6 Å². The van der Waals surface area contributed by atoms with Gasteiger partial charge < -0.3 is 47.6 Å². The van der Waals surface area contributed by atoms with Crippen molar-refractivity contribution in [1.29, 1.82) is 0 Å². The highest BCUT2D eigenvalue weighted by molar-refractivity contribution is 5.46. The van der Waals surface area contributed by atoms with Crippen LogP contribution in [-0.2, 0) is 0 Å². The second kappa shape index (κ2) is 24.3. The van der Waals surface area contributed by atoms with Crippen molar-refractivity contribution in [2.75, 3.05) is 38.0 Å². The lowest BCUT2D eigenvalue weighted by molar-refractivity contribution is 0.0462. The summed E-state index contributed by atoms with van der Waals surface area (Å²) in [6, 6.07) is 9.46. The Morgan fingerprint density at radius 3 is 2.21 bits per heavy atom. The van der Waals surface area contributed by atoms with Crippen LogP contribution in [-0.4, -0.2) is 91.0 Å². The zero-order valence-corrected chi connectivity index (χ0v) is 34.1. The molecule has 13 unspecified atom stereocenters. The van der Waals surface area contributed by atoms with Crippen molar-refractivity contribution in [3.05, 3.63) is 29.8 Å². The highest BCUT2D eigenvalue weighted by Gasteiger charge is 2.30. The van der Waals surface area contributed by atoms with Crippen LogP contribution in [0.3, 0.4) is 0 Å². The smallest absolute Gasteiger partial charge is 0.127 e. The molecule has 1 saturated heterocycles. The standard InChI is InChI=1S/C41H81N9O3/c1-26-20-30(5)45-17-18-46-36-14-7-8-15-37(36)49-25-35(48-24-29(26)4)13-10-16-47-39(52)23-33(22-38(42)51)31(6)27(2)19-28(3)40(53)32-11-9-12-34(21-32)50-41(43)44/h9,11-12,21,26-31,33,35-41,45-53H,7-8,10,13-20,22-25,42-44H2,1-6H3. The van der Waals surface area contributed by atoms with Crippen LogP contribution in [0.1, 0.15) is 117 Å². The second-order valence-electron chi connectivity index (χ2n) is 17.2. The molecule has 53 heavy (non-hydrogen) atoms. The normalized spacial score (nSPS) is 29.5. The van der Waals surface area contributed by atoms with Crippen LogP contribution in [0.25, 0.3) is 0 Å². The minimum absolute atomic E-state index is 0.00916. The van der Waals surface area contributed by atoms with Crippen LogP contribution >= 0.6 is 0 Å². The second-order valence-corrected chi connectivity index (χ2v) is 17.2. The number of nitrogens with one attached hydrogen (secondary N) is 6. The molecule has 1 saturated carbocycles. The minimum Gasteiger partial charge on any atom is -0.388 e. The molecule has 0 spiro atoms. The molecule has 13 atom stereocenters. The van der Waals surface area contributed by atoms with Gasteiger partial charge in [-0.15, -0.1) is 0 Å². The van der Waals surface area contributed by atoms with Crippen LogP contribution in [0.2, 0.25) is 0 Å². The van der Waals surface area contributed by atoms with Crippen molar-refractivity contribution >= 4 is 5.69 Å². The Kier molecular flexibility index (Phi) is 21.0. The highest BCUT2D eigenvalue weighted by Crippen LogP contribution is 2.35. The third kappa shape index (κ3) is 17.1. The molecule has 1 aromatic rings. The summed E-state index contributed by atoms with van der Waals surface area (Å²) in [6.45, 7) is 18.2. The predicted octanol–water partition coefficient (Wildman–Crippen LogP) is 3.10. The highest BCUT2D eigenvalue weighted by atomic mass is 16.3. The molecule has 0 bridgehead atoms. The van der Waals surface area contributed by atoms with Gasteiger partial charge in [0.1, 0.15) is 18.7 Å². The fourth-order valence-electron chi connectivity index (χ4n) is 8.74. The fourth-order valence-corrected chi connectivity index (χ4v) is 8.74. The molecule has 1 heterocycles. The summed E-state index contributed by atoms with van der Waals surface area (Å²) < 4.78 is 0. The van der Waals surface area contributed by atoms with E-state index in [0.29, 0.717) is 48.8 Å². The van der Waals surface area contributed by atoms with Crippen molar-refractivity contribution in [3.8, 4) is 0 Å². The van der Waals surface area contributed by atoms with E-state index in [0.717, 1.165) is 63.2 Å². The summed E-state index contributed by atoms with van der Waals surface area (Å²) in [5, 5.41) is 54.4. The Balaban J connectivity index is 1.52. The van der Waals surface area contributed by atoms with E-state index in [-0.39, 0.29) is 23.7 Å². The third-order valence-corrected chi connectivity index (χ3v) is 12.5. The van der Waals surface area contributed by atoms with Crippen LogP contribution in [0.4, 0.5) is 5.69 Å². The zero-order valence-electron chi connectivity index (χ0n) is 34.1. The molecule has 0 radical (unpaired) electrons. The Hall–Kier alpha value is -1.42. The van der Waals surface area contributed by atoms with E-state index < -0.39 is 24.8 Å². The molecule has 0 amide bonds. The number of hydrogen-bond acceptors (Lipinski definition) is 12. The largest absolute Gasteiger partial charge is 0.388 e. The molecule has 3 rings (SSSR count). The predicted molar refractivity (Wildman–Crippen MR) is 220 cm³/mol. The molecule has 12 heteroatoms. The molecule has 2 aliphatic rings. The molecule has 12 nitrogen and oxygen atoms in total. The summed E-state index contributed by atoms with van der Waals surface area (Å²) in [5.41, 5.74) is 18.9. The SMILES string of the molecule is CC1CC(C)C(C)CNC(CCCNC(O)CC(CC(N)O)C(C)C(C)CC(C)C(O)c2cccc(NC(N)N)c2)CNC2CCCCC2NCCN1. The molecule has 308 valence electrons. The van der Waals surface area contributed by atoms with Crippen molar-refractivity contribution < 1.29 is 15.3 Å². The summed E-state index contributed by atoms with van der Waals surface area (Å²) in [7, 11) is 0. The number of hydrogen-bond donors (Lipinski definition) is 12. The first-order valence-corrected chi connectivity index (χ1v) is 21.1. The first kappa shape index (κ1) is 46.0. The van der Waals surface area contributed by atoms with E-state index in [1.807, 2.05) is 24.3 Å². The van der Waals surface area contributed by atoms with Crippen molar-refractivity contribution in [2.24, 2.45) is 52.7 Å². The van der Waals surface area contributed by atoms with Gasteiger partial charge in [0.05, 0.1) is 6.10 Å². The van der Waals surface area contributed by atoms with E-state index in [1.165, 1.54) is 32.1 Å². The maximum absolute atomic E-state index is 11.2. The molecule has 1 aliphatic heterocycles. The van der Waals surface area contributed by atoms with Gasteiger partial charge in [0.2, 0.25) is 0 Å². The Bertz CT molecular complexity index is 1120. The lowest BCUT2D eigenvalue weighted by Gasteiger charge is -2.35. The van der Waals surface area contributed by atoms with E-state index in [1.54, 1.807) is 0 Å². The Morgan fingerprint density at radius 1 is 0.811 bits per heavy atom. The molecular formula is C41H81N9O3. The third-order valence-electron chi connectivity index (χ3n) is 12.5. The van der Waals surface area contributed by atoms with E-state index >= 15 is 0 Å². The summed E-state index contributed by atoms with van der Waals surface area (Å²) in [6.07, 6.45) is 6.93. The van der Waals surface area contributed by atoms with Crippen LogP contribution in [0, 0.1) is 35.5 Å². The van der Waals surface area contributed by atoms with E-state index in [2.05, 4.69) is 73.4 Å². The van der Waals surface area contributed by atoms with Gasteiger partial charge in [-0.2, -0.15) is 0 Å². The average molecular weight is 748 g/mol. The molecule has 2 fully saturated rings. The number of aliphatic hydroxyl groups is 3. The number of fused-ring (bicyclic) bond motifs is 1. The van der Waals surface area contributed by atoms with Gasteiger partial charge in [0.15, 0.2) is 0 Å². The first-order chi connectivity index (χ1) is 25.2. The first-order valence-electron chi connectivity index (χ1n) is 21.1. The molecule has 1 aromatic carbocycles. The molecule has 15 N–H and O–H groups in total. The maximum atomic E-state index is 11.2. The van der Waals surface area contributed by atoms with Crippen LogP contribution in [0.5, 0.6) is 0 Å². The van der Waals surface area contributed by atoms with Gasteiger partial charge >= 0.3 is 0 Å². The van der Waals surface area contributed by atoms with Crippen molar-refractivity contribution in [2.45, 2.75) is 155 Å². The van der Waals surface area contributed by atoms with Gasteiger partial charge in [0, 0.05) is 49.5 Å². The van der Waals surface area contributed by atoms with Crippen molar-refractivity contribution in [3.63, 3.8) is 0 Å². The number of anilines is 1. The quantitative estimate of drug-likeness (QED) is 0.0820.